The first-order valence-corrected chi connectivity index (χ1v) is 10.8. The maximum atomic E-state index is 11.9. The van der Waals surface area contributed by atoms with E-state index in [1.54, 1.807) is 0 Å². The highest BCUT2D eigenvalue weighted by Crippen LogP contribution is 2.40. The average molecular weight is 430 g/mol. The molecule has 160 valence electrons. The summed E-state index contributed by atoms with van der Waals surface area (Å²) in [6, 6.07) is 0. The molecule has 0 aliphatic carbocycles. The van der Waals surface area contributed by atoms with Crippen LogP contribution in [0.15, 0.2) is 11.1 Å². The number of hydrogen-bond acceptors (Lipinski definition) is 10. The van der Waals surface area contributed by atoms with Crippen molar-refractivity contribution in [3.63, 3.8) is 0 Å². The van der Waals surface area contributed by atoms with Crippen LogP contribution in [-0.2, 0) is 18.8 Å². The number of nitrogen functional groups attached to an aromatic ring is 1. The topological polar surface area (TPSA) is 206 Å². The number of imidazole rings is 1. The van der Waals surface area contributed by atoms with Crippen molar-refractivity contribution >= 4 is 30.5 Å². The number of carbonyl (C=O) groups is 1. The van der Waals surface area contributed by atoms with Gasteiger partial charge in [-0.25, -0.2) is 4.98 Å². The lowest BCUT2D eigenvalue weighted by molar-refractivity contribution is -0.301. The van der Waals surface area contributed by atoms with Gasteiger partial charge in [-0.15, -0.1) is 0 Å². The van der Waals surface area contributed by atoms with Gasteiger partial charge in [0.15, 0.2) is 11.2 Å². The third-order valence-electron chi connectivity index (χ3n) is 4.42. The number of nitrogens with zero attached hydrogens (tertiary/aromatic N) is 3. The van der Waals surface area contributed by atoms with Crippen LogP contribution in [0.3, 0.4) is 0 Å². The normalized spacial score (nSPS) is 24.0. The van der Waals surface area contributed by atoms with Crippen LogP contribution in [0.5, 0.6) is 0 Å². The molecule has 13 nitrogen and oxygen atoms in total. The number of aliphatic hydroxyl groups excluding tert-OH is 1. The van der Waals surface area contributed by atoms with Gasteiger partial charge in [0.05, 0.1) is 31.2 Å². The Bertz CT molecular complexity index is 991. The highest BCUT2D eigenvalue weighted by molar-refractivity contribution is 7.58. The number of aliphatic carboxylic acids is 1. The summed E-state index contributed by atoms with van der Waals surface area (Å²) in [4.78, 5) is 42.1. The fourth-order valence-corrected chi connectivity index (χ4v) is 4.27. The van der Waals surface area contributed by atoms with Crippen LogP contribution in [-0.4, -0.2) is 73.2 Å². The van der Waals surface area contributed by atoms with Gasteiger partial charge in [-0.1, -0.05) is 0 Å². The summed E-state index contributed by atoms with van der Waals surface area (Å²) < 4.78 is 24.3. The van der Waals surface area contributed by atoms with E-state index >= 15 is 0 Å². The van der Waals surface area contributed by atoms with Crippen LogP contribution in [0.25, 0.3) is 11.2 Å². The molecule has 3 rings (SSSR count). The van der Waals surface area contributed by atoms with Gasteiger partial charge in [-0.05, 0) is 6.42 Å². The number of carboxylic acids is 1. The molecule has 14 heteroatoms. The lowest BCUT2D eigenvalue weighted by atomic mass is 10.2. The minimum atomic E-state index is -3.78. The van der Waals surface area contributed by atoms with Gasteiger partial charge >= 0.3 is 0 Å². The molecular weight excluding hydrogens is 409 g/mol. The monoisotopic (exact) mass is 430 g/mol. The summed E-state index contributed by atoms with van der Waals surface area (Å²) in [6.07, 6.45) is -1.47. The number of carbonyl (C=O) groups excluding carboxylic acids is 1. The molecule has 0 radical (unpaired) electrons. The molecule has 1 fully saturated rings. The summed E-state index contributed by atoms with van der Waals surface area (Å²) in [5.74, 6) is -1.64. The number of aromatic nitrogens is 4. The number of aliphatic hydroxyl groups is 1. The van der Waals surface area contributed by atoms with Crippen LogP contribution >= 0.6 is 7.37 Å². The number of H-pyrrole nitrogens is 1. The van der Waals surface area contributed by atoms with E-state index in [2.05, 4.69) is 15.0 Å². The van der Waals surface area contributed by atoms with Crippen molar-refractivity contribution in [1.82, 2.24) is 19.5 Å². The third kappa shape index (κ3) is 5.19. The molecule has 0 saturated carbocycles. The van der Waals surface area contributed by atoms with Crippen molar-refractivity contribution in [1.29, 1.82) is 0 Å². The van der Waals surface area contributed by atoms with Gasteiger partial charge in [0, 0.05) is 19.2 Å². The minimum Gasteiger partial charge on any atom is -0.550 e. The van der Waals surface area contributed by atoms with Crippen LogP contribution < -0.4 is 16.4 Å². The molecule has 2 aromatic heterocycles. The standard InChI is InChI=1S/C15H22N5O8P/c16-15-18-13-12(14(24)19-15)17-7-20(13)10-4-8(21)9(28-10)5-27-2-1-3-29(25,26)6-11(22)23/h7-10,21H,1-6H2,(H,22,23)(H,25,26)(H3,16,18,19,24)/p-1. The van der Waals surface area contributed by atoms with Gasteiger partial charge in [0.1, 0.15) is 12.3 Å². The molecule has 0 bridgehead atoms. The maximum absolute atomic E-state index is 11.9. The van der Waals surface area contributed by atoms with Gasteiger partial charge in [0.2, 0.25) is 13.3 Å². The second kappa shape index (κ2) is 8.59. The van der Waals surface area contributed by atoms with Crippen LogP contribution in [0.1, 0.15) is 19.1 Å². The van der Waals surface area contributed by atoms with E-state index in [1.807, 2.05) is 0 Å². The molecule has 1 saturated heterocycles. The largest absolute Gasteiger partial charge is 0.550 e. The number of carboxylic acid groups (broad SMARTS) is 1. The smallest absolute Gasteiger partial charge is 0.280 e. The van der Waals surface area contributed by atoms with E-state index in [4.69, 9.17) is 15.2 Å². The Morgan fingerprint density at radius 2 is 2.31 bits per heavy atom. The molecule has 0 spiro atoms. The number of nitrogens with one attached hydrogen (secondary N) is 1. The highest BCUT2D eigenvalue weighted by Gasteiger charge is 2.36. The first-order chi connectivity index (χ1) is 13.7. The van der Waals surface area contributed by atoms with Gasteiger partial charge in [0.25, 0.3) is 5.56 Å². The first-order valence-electron chi connectivity index (χ1n) is 8.80. The molecule has 3 heterocycles. The molecule has 0 amide bonds. The second-order valence-corrected chi connectivity index (χ2v) is 9.19. The van der Waals surface area contributed by atoms with Crippen molar-refractivity contribution in [3.05, 3.63) is 16.7 Å². The Kier molecular flexibility index (Phi) is 6.34. The molecule has 1 aliphatic heterocycles. The summed E-state index contributed by atoms with van der Waals surface area (Å²) in [6.45, 7) is 0.118. The fraction of sp³-hybridized carbons (Fsp3) is 0.600. The predicted molar refractivity (Wildman–Crippen MR) is 97.1 cm³/mol. The average Bonchev–Trinajstić information content (AvgIpc) is 3.17. The zero-order valence-corrected chi connectivity index (χ0v) is 16.2. The van der Waals surface area contributed by atoms with E-state index in [0.717, 1.165) is 0 Å². The van der Waals surface area contributed by atoms with Gasteiger partial charge in [-0.3, -0.25) is 18.9 Å². The Balaban J connectivity index is 1.52. The number of ether oxygens (including phenoxy) is 2. The molecule has 29 heavy (non-hydrogen) atoms. The lowest BCUT2D eigenvalue weighted by Gasteiger charge is -2.16. The molecule has 4 unspecified atom stereocenters. The molecule has 4 atom stereocenters. The maximum Gasteiger partial charge on any atom is 0.280 e. The SMILES string of the molecule is Nc1nc2c(ncn2C2CC(O)C(COCCCP(=O)(O)CC(=O)[O-])O2)c(=O)[nH]1. The number of anilines is 1. The number of nitrogens with two attached hydrogens (primary N) is 1. The molecule has 2 aromatic rings. The summed E-state index contributed by atoms with van der Waals surface area (Å²) >= 11 is 0. The van der Waals surface area contributed by atoms with E-state index < -0.39 is 43.5 Å². The van der Waals surface area contributed by atoms with Crippen molar-refractivity contribution in [3.8, 4) is 0 Å². The molecule has 1 aliphatic rings. The van der Waals surface area contributed by atoms with Crippen LogP contribution in [0.4, 0.5) is 5.95 Å². The number of hydrogen-bond donors (Lipinski definition) is 4. The third-order valence-corrected chi connectivity index (χ3v) is 6.19. The minimum absolute atomic E-state index is 0.0245. The zero-order valence-electron chi connectivity index (χ0n) is 15.3. The van der Waals surface area contributed by atoms with Crippen LogP contribution in [0.2, 0.25) is 0 Å². The Morgan fingerprint density at radius 1 is 1.55 bits per heavy atom. The van der Waals surface area contributed by atoms with Gasteiger partial charge < -0.3 is 35.1 Å². The van der Waals surface area contributed by atoms with Crippen molar-refractivity contribution in [2.24, 2.45) is 0 Å². The quantitative estimate of drug-likeness (QED) is 0.247. The van der Waals surface area contributed by atoms with E-state index in [-0.39, 0.29) is 49.3 Å². The summed E-state index contributed by atoms with van der Waals surface area (Å²) in [5, 5.41) is 20.6. The zero-order chi connectivity index (χ0) is 21.2. The summed E-state index contributed by atoms with van der Waals surface area (Å²) in [5.41, 5.74) is 5.42. The Labute approximate surface area is 163 Å². The molecule has 5 N–H and O–H groups in total. The Hall–Kier alpha value is -2.31. The Morgan fingerprint density at radius 3 is 3.03 bits per heavy atom. The number of fused-ring (bicyclic) bond motifs is 1. The van der Waals surface area contributed by atoms with Gasteiger partial charge in [-0.2, -0.15) is 4.98 Å². The van der Waals surface area contributed by atoms with E-state index in [9.17, 15) is 29.3 Å². The lowest BCUT2D eigenvalue weighted by Crippen LogP contribution is -2.27. The second-order valence-electron chi connectivity index (χ2n) is 6.74. The predicted octanol–water partition coefficient (Wildman–Crippen LogP) is -2.22. The van der Waals surface area contributed by atoms with Crippen molar-refractivity contribution in [2.45, 2.75) is 31.3 Å². The fourth-order valence-electron chi connectivity index (χ4n) is 3.08. The summed E-state index contributed by atoms with van der Waals surface area (Å²) in [7, 11) is -3.78. The highest BCUT2D eigenvalue weighted by atomic mass is 31.2. The molecular formula is C15H21N5O8P-. The van der Waals surface area contributed by atoms with Crippen LogP contribution in [0, 0.1) is 0 Å². The molecule has 0 aromatic carbocycles. The first kappa shape index (κ1) is 21.4. The van der Waals surface area contributed by atoms with Crippen molar-refractivity contribution in [2.75, 3.05) is 31.3 Å². The van der Waals surface area contributed by atoms with E-state index in [1.165, 1.54) is 10.9 Å². The van der Waals surface area contributed by atoms with Crippen molar-refractivity contribution < 1.29 is 33.9 Å². The van der Waals surface area contributed by atoms with E-state index in [0.29, 0.717) is 0 Å². The number of aromatic amines is 1. The number of rotatable bonds is 9.